The fourth-order valence-corrected chi connectivity index (χ4v) is 3.28. The normalized spacial score (nSPS) is 17.5. The Morgan fingerprint density at radius 2 is 2.06 bits per heavy atom. The van der Waals surface area contributed by atoms with E-state index in [0.29, 0.717) is 23.8 Å². The molecule has 1 aliphatic rings. The number of benzene rings is 2. The van der Waals surface area contributed by atoms with Crippen molar-refractivity contribution in [3.63, 3.8) is 0 Å². The molecule has 0 spiro atoms. The highest BCUT2D eigenvalue weighted by Crippen LogP contribution is 2.40. The van der Waals surface area contributed by atoms with E-state index in [0.717, 1.165) is 11.6 Å². The monoisotopic (exact) mass is 443 g/mol. The molecule has 1 atom stereocenters. The van der Waals surface area contributed by atoms with Gasteiger partial charge in [0, 0.05) is 18.2 Å². The molecule has 3 aromatic rings. The van der Waals surface area contributed by atoms with Gasteiger partial charge in [0.1, 0.15) is 17.3 Å². The quantitative estimate of drug-likeness (QED) is 0.569. The third-order valence-corrected chi connectivity index (χ3v) is 5.01. The van der Waals surface area contributed by atoms with Gasteiger partial charge in [-0.2, -0.15) is 0 Å². The highest BCUT2D eigenvalue weighted by atomic mass is 35.5. The van der Waals surface area contributed by atoms with Gasteiger partial charge in [0.2, 0.25) is 5.89 Å². The van der Waals surface area contributed by atoms with Crippen LogP contribution >= 0.6 is 11.6 Å². The first kappa shape index (κ1) is 20.9. The molecule has 1 aromatic heterocycles. The minimum absolute atomic E-state index is 0.0100. The van der Waals surface area contributed by atoms with Crippen LogP contribution in [0.4, 0.5) is 4.39 Å². The summed E-state index contributed by atoms with van der Waals surface area (Å²) < 4.78 is 29.9. The number of rotatable bonds is 7. The third-order valence-electron chi connectivity index (χ3n) is 4.70. The molecule has 0 radical (unpaired) electrons. The van der Waals surface area contributed by atoms with Crippen molar-refractivity contribution < 1.29 is 23.1 Å². The zero-order valence-electron chi connectivity index (χ0n) is 16.8. The summed E-state index contributed by atoms with van der Waals surface area (Å²) in [6.45, 7) is 3.62. The zero-order valence-corrected chi connectivity index (χ0v) is 17.6. The molecule has 1 amide bonds. The summed E-state index contributed by atoms with van der Waals surface area (Å²) in [5, 5.41) is 10.7. The van der Waals surface area contributed by atoms with Gasteiger partial charge in [-0.05, 0) is 49.8 Å². The molecule has 1 N–H and O–H groups in total. The number of halogens is 2. The van der Waals surface area contributed by atoms with Crippen molar-refractivity contribution >= 4 is 17.5 Å². The van der Waals surface area contributed by atoms with E-state index in [1.807, 2.05) is 38.1 Å². The second-order valence-electron chi connectivity index (χ2n) is 7.47. The van der Waals surface area contributed by atoms with Crippen LogP contribution in [0.1, 0.15) is 24.8 Å². The van der Waals surface area contributed by atoms with E-state index in [1.165, 1.54) is 12.1 Å². The molecule has 0 bridgehead atoms. The molecule has 9 heteroatoms. The van der Waals surface area contributed by atoms with Gasteiger partial charge in [-0.1, -0.05) is 28.8 Å². The molecular weight excluding hydrogens is 425 g/mol. The number of ether oxygens (including phenoxy) is 2. The maximum atomic E-state index is 13.4. The number of nitrogens with one attached hydrogen (secondary N) is 1. The van der Waals surface area contributed by atoms with E-state index < -0.39 is 11.2 Å². The highest BCUT2D eigenvalue weighted by molar-refractivity contribution is 6.30. The predicted molar refractivity (Wildman–Crippen MR) is 111 cm³/mol. The lowest BCUT2D eigenvalue weighted by Gasteiger charge is -2.33. The molecule has 7 nitrogen and oxygen atoms in total. The van der Waals surface area contributed by atoms with Gasteiger partial charge in [0.25, 0.3) is 5.91 Å². The first-order chi connectivity index (χ1) is 14.8. The van der Waals surface area contributed by atoms with Crippen LogP contribution in [0.2, 0.25) is 5.02 Å². The summed E-state index contributed by atoms with van der Waals surface area (Å²) in [7, 11) is 0. The summed E-state index contributed by atoms with van der Waals surface area (Å²) in [6.07, 6.45) is 2.38. The Labute approximate surface area is 182 Å². The Morgan fingerprint density at radius 1 is 1.26 bits per heavy atom. The lowest BCUT2D eigenvalue weighted by atomic mass is 9.75. The first-order valence-corrected chi connectivity index (χ1v) is 9.86. The maximum absolute atomic E-state index is 13.4. The predicted octanol–water partition coefficient (Wildman–Crippen LogP) is 4.70. The smallest absolute Gasteiger partial charge is 0.420 e. The number of allylic oxidation sites excluding steroid dienone is 2. The van der Waals surface area contributed by atoms with E-state index in [4.69, 9.17) is 25.5 Å². The average molecular weight is 444 g/mol. The Morgan fingerprint density at radius 3 is 2.81 bits per heavy atom. The Balaban J connectivity index is 1.31. The molecule has 2 aromatic carbocycles. The average Bonchev–Trinajstić information content (AvgIpc) is 3.16. The van der Waals surface area contributed by atoms with Gasteiger partial charge >= 0.3 is 6.08 Å². The number of aromatic nitrogens is 2. The molecule has 1 aliphatic carbocycles. The van der Waals surface area contributed by atoms with Gasteiger partial charge in [-0.15, -0.1) is 5.10 Å². The van der Waals surface area contributed by atoms with Crippen molar-refractivity contribution in [2.45, 2.75) is 25.7 Å². The van der Waals surface area contributed by atoms with Crippen LogP contribution in [0, 0.1) is 12.7 Å². The van der Waals surface area contributed by atoms with Crippen molar-refractivity contribution in [3.05, 3.63) is 76.5 Å². The topological polar surface area (TPSA) is 86.5 Å². The highest BCUT2D eigenvalue weighted by Gasteiger charge is 2.39. The number of hydrogen-bond acceptors (Lipinski definition) is 6. The van der Waals surface area contributed by atoms with Crippen LogP contribution in [0.5, 0.6) is 17.6 Å². The molecule has 1 heterocycles. The minimum atomic E-state index is -0.609. The van der Waals surface area contributed by atoms with Crippen molar-refractivity contribution in [3.8, 4) is 17.6 Å². The molecule has 0 saturated heterocycles. The van der Waals surface area contributed by atoms with E-state index in [-0.39, 0.29) is 29.4 Å². The number of carbonyl (C=O) groups is 1. The fraction of sp³-hybridized carbons (Fsp3) is 0.227. The fourth-order valence-electron chi connectivity index (χ4n) is 3.16. The molecular formula is C22H19ClFN3O4. The van der Waals surface area contributed by atoms with Gasteiger partial charge in [0.05, 0.1) is 10.4 Å². The SMILES string of the molecule is Cc1cccc(Oc2nnc(C3(C)C=C(NC(=O)COc4ccc(Cl)c(F)c4)C3)o2)c1. The van der Waals surface area contributed by atoms with Crippen LogP contribution in [0.3, 0.4) is 0 Å². The summed E-state index contributed by atoms with van der Waals surface area (Å²) >= 11 is 5.62. The Kier molecular flexibility index (Phi) is 5.65. The first-order valence-electron chi connectivity index (χ1n) is 9.49. The lowest BCUT2D eigenvalue weighted by molar-refractivity contribution is -0.122. The Bertz CT molecular complexity index is 1160. The molecule has 1 unspecified atom stereocenters. The molecule has 0 saturated carbocycles. The van der Waals surface area contributed by atoms with Crippen LogP contribution in [-0.2, 0) is 10.2 Å². The molecule has 4 rings (SSSR count). The summed E-state index contributed by atoms with van der Waals surface area (Å²) in [5.74, 6) is 0.246. The second kappa shape index (κ2) is 8.39. The number of hydrogen-bond donors (Lipinski definition) is 1. The number of aryl methyl sites for hydroxylation is 1. The van der Waals surface area contributed by atoms with Gasteiger partial charge in [0.15, 0.2) is 6.61 Å². The third kappa shape index (κ3) is 4.86. The minimum Gasteiger partial charge on any atom is -0.484 e. The largest absolute Gasteiger partial charge is 0.484 e. The van der Waals surface area contributed by atoms with Crippen molar-refractivity contribution in [1.82, 2.24) is 15.5 Å². The van der Waals surface area contributed by atoms with E-state index >= 15 is 0 Å². The molecule has 0 aliphatic heterocycles. The number of amides is 1. The van der Waals surface area contributed by atoms with Crippen molar-refractivity contribution in [2.24, 2.45) is 0 Å². The van der Waals surface area contributed by atoms with Crippen molar-refractivity contribution in [2.75, 3.05) is 6.61 Å². The summed E-state index contributed by atoms with van der Waals surface area (Å²) in [5.41, 5.74) is 1.25. The lowest BCUT2D eigenvalue weighted by Crippen LogP contribution is -2.39. The molecule has 31 heavy (non-hydrogen) atoms. The van der Waals surface area contributed by atoms with Crippen LogP contribution in [-0.4, -0.2) is 22.7 Å². The maximum Gasteiger partial charge on any atom is 0.420 e. The van der Waals surface area contributed by atoms with Crippen molar-refractivity contribution in [1.29, 1.82) is 0 Å². The van der Waals surface area contributed by atoms with Crippen LogP contribution < -0.4 is 14.8 Å². The number of carbonyl (C=O) groups excluding carboxylic acids is 1. The standard InChI is InChI=1S/C22H19ClFN3O4/c1-13-4-3-5-16(8-13)30-21-27-26-20(31-21)22(2)10-14(11-22)25-19(28)12-29-15-6-7-17(23)18(24)9-15/h3-10H,11-12H2,1-2H3,(H,25,28). The van der Waals surface area contributed by atoms with Crippen LogP contribution in [0.25, 0.3) is 0 Å². The molecule has 160 valence electrons. The number of nitrogens with zero attached hydrogens (tertiary/aromatic N) is 2. The molecule has 0 fully saturated rings. The van der Waals surface area contributed by atoms with Gasteiger partial charge in [-0.3, -0.25) is 4.79 Å². The second-order valence-corrected chi connectivity index (χ2v) is 7.88. The Hall–Kier alpha value is -3.39. The summed E-state index contributed by atoms with van der Waals surface area (Å²) in [4.78, 5) is 12.1. The van der Waals surface area contributed by atoms with E-state index in [1.54, 1.807) is 6.07 Å². The van der Waals surface area contributed by atoms with Gasteiger partial charge in [-0.25, -0.2) is 4.39 Å². The summed E-state index contributed by atoms with van der Waals surface area (Å²) in [6, 6.07) is 11.5. The van der Waals surface area contributed by atoms with E-state index in [2.05, 4.69) is 15.5 Å². The van der Waals surface area contributed by atoms with Gasteiger partial charge < -0.3 is 19.2 Å². The van der Waals surface area contributed by atoms with Crippen LogP contribution in [0.15, 0.2) is 58.7 Å². The zero-order chi connectivity index (χ0) is 22.0. The van der Waals surface area contributed by atoms with E-state index in [9.17, 15) is 9.18 Å².